The molecule has 0 saturated carbocycles. The Morgan fingerprint density at radius 2 is 1.03 bits per heavy atom. The molecule has 0 fully saturated rings. The molecule has 9 rings (SSSR count). The van der Waals surface area contributed by atoms with Gasteiger partial charge < -0.3 is 30.1 Å². The number of aliphatic hydroxyl groups is 2. The third kappa shape index (κ3) is 12.2. The Labute approximate surface area is 369 Å². The molecule has 0 aliphatic heterocycles. The van der Waals surface area contributed by atoms with Crippen molar-refractivity contribution in [2.24, 2.45) is 0 Å². The van der Waals surface area contributed by atoms with E-state index in [1.165, 1.54) is 0 Å². The van der Waals surface area contributed by atoms with Crippen molar-refractivity contribution < 1.29 is 19.3 Å². The molecular weight excluding hydrogens is 855 g/mol. The lowest BCUT2D eigenvalue weighted by atomic mass is 10.3. The molecule has 0 amide bonds. The Kier molecular flexibility index (Phi) is 18.2. The summed E-state index contributed by atoms with van der Waals surface area (Å²) in [4.78, 5) is 31.0. The number of hydrogen-bond acceptors (Lipinski definition) is 12. The van der Waals surface area contributed by atoms with Gasteiger partial charge in [-0.2, -0.15) is 9.97 Å². The molecule has 15 nitrogen and oxygen atoms in total. The van der Waals surface area contributed by atoms with Gasteiger partial charge in [-0.25, -0.2) is 24.3 Å². The van der Waals surface area contributed by atoms with E-state index in [4.69, 9.17) is 14.9 Å². The monoisotopic (exact) mass is 910 g/mol. The quantitative estimate of drug-likeness (QED) is 0.0742. The van der Waals surface area contributed by atoms with E-state index in [1.54, 1.807) is 0 Å². The van der Waals surface area contributed by atoms with E-state index in [2.05, 4.69) is 56.1 Å². The van der Waals surface area contributed by atoms with Crippen LogP contribution in [-0.2, 0) is 4.74 Å². The number of ether oxygens (including phenoxy) is 1. The van der Waals surface area contributed by atoms with Gasteiger partial charge in [-0.05, 0) is 103 Å². The van der Waals surface area contributed by atoms with E-state index in [0.29, 0.717) is 24.8 Å². The highest BCUT2D eigenvalue weighted by Crippen LogP contribution is 2.20. The van der Waals surface area contributed by atoms with Crippen molar-refractivity contribution in [3.8, 4) is 0 Å². The van der Waals surface area contributed by atoms with Crippen LogP contribution in [0.1, 0.15) is 26.7 Å². The van der Waals surface area contributed by atoms with E-state index >= 15 is 0 Å². The number of fused-ring (bicyclic) bond motifs is 9. The average Bonchev–Trinajstić information content (AvgIpc) is 3.98. The summed E-state index contributed by atoms with van der Waals surface area (Å²) >= 11 is 3.33. The molecule has 0 atom stereocenters. The third-order valence-corrected chi connectivity index (χ3v) is 9.94. The molecule has 0 spiro atoms. The zero-order valence-corrected chi connectivity index (χ0v) is 36.2. The van der Waals surface area contributed by atoms with Gasteiger partial charge in [-0.15, -0.1) is 0 Å². The zero-order chi connectivity index (χ0) is 43.0. The van der Waals surface area contributed by atoms with Crippen LogP contribution >= 0.6 is 15.9 Å². The Morgan fingerprint density at radius 1 is 0.597 bits per heavy atom. The van der Waals surface area contributed by atoms with Crippen molar-refractivity contribution in [2.75, 3.05) is 83.7 Å². The number of nitrogens with zero attached hydrogens (tertiary/aromatic N) is 11. The molecule has 3 N–H and O–H groups in total. The minimum atomic E-state index is -0.429. The number of alkyl halides is 1. The van der Waals surface area contributed by atoms with Crippen LogP contribution < -0.4 is 15.1 Å². The van der Waals surface area contributed by atoms with Crippen LogP contribution in [0.4, 0.5) is 16.0 Å². The smallest absolute Gasteiger partial charge is 0.236 e. The highest BCUT2D eigenvalue weighted by atomic mass is 79.9. The number of nitrogens with one attached hydrogen (secondary N) is 1. The van der Waals surface area contributed by atoms with E-state index in [9.17, 15) is 4.39 Å². The van der Waals surface area contributed by atoms with E-state index in [0.717, 1.165) is 94.0 Å². The predicted molar refractivity (Wildman–Crippen MR) is 251 cm³/mol. The molecule has 0 radical (unpaired) electrons. The molecule has 0 unspecified atom stereocenters. The number of hydrogen-bond donors (Lipinski definition) is 3. The SMILES string of the molecule is Brc1ccn2c(n1)nc1ccccc12.C.CN(CCCO)c1ccn2c(n1)nc1ccccc12.CN(CCCOCCF)c1ccn2c(n1)nc1ccccc12.CNCCCO. The van der Waals surface area contributed by atoms with Gasteiger partial charge in [0.2, 0.25) is 17.3 Å². The third-order valence-electron chi connectivity index (χ3n) is 9.50. The van der Waals surface area contributed by atoms with E-state index < -0.39 is 6.67 Å². The van der Waals surface area contributed by atoms with Crippen LogP contribution in [-0.4, -0.2) is 127 Å². The molecule has 9 aromatic rings. The summed E-state index contributed by atoms with van der Waals surface area (Å²) < 4.78 is 23.8. The molecule has 62 heavy (non-hydrogen) atoms. The lowest BCUT2D eigenvalue weighted by Gasteiger charge is -2.17. The van der Waals surface area contributed by atoms with Gasteiger partial charge >= 0.3 is 0 Å². The first-order valence-corrected chi connectivity index (χ1v) is 20.9. The number of imidazole rings is 3. The predicted octanol–water partition coefficient (Wildman–Crippen LogP) is 7.27. The van der Waals surface area contributed by atoms with Crippen molar-refractivity contribution in [3.63, 3.8) is 0 Å². The minimum absolute atomic E-state index is 0. The first kappa shape index (κ1) is 47.2. The van der Waals surface area contributed by atoms with Crippen LogP contribution in [0.25, 0.3) is 50.4 Å². The average molecular weight is 912 g/mol. The maximum atomic E-state index is 11.9. The molecule has 3 aromatic carbocycles. The normalized spacial score (nSPS) is 10.9. The van der Waals surface area contributed by atoms with Crippen LogP contribution in [0.3, 0.4) is 0 Å². The lowest BCUT2D eigenvalue weighted by molar-refractivity contribution is 0.118. The summed E-state index contributed by atoms with van der Waals surface area (Å²) in [6.45, 7) is 3.28. The van der Waals surface area contributed by atoms with Gasteiger partial charge in [0, 0.05) is 65.6 Å². The molecular formula is C45H56BrFN12O3. The molecule has 17 heteroatoms. The summed E-state index contributed by atoms with van der Waals surface area (Å²) in [7, 11) is 5.82. The summed E-state index contributed by atoms with van der Waals surface area (Å²) in [5, 5.41) is 19.9. The standard InChI is InChI=1S/C16H19FN4O.C14H16N4O.C10H6BrN3.C4H11NO.CH4/c1-20(9-4-11-22-12-8-17)15-7-10-21-14-6-3-2-5-13(14)18-16(21)19-15;1-17(8-4-10-19)13-7-9-18-12-6-3-2-5-11(12)15-14(18)16-13;11-9-5-6-14-8-4-2-1-3-7(8)12-10(14)13-9;1-5-3-2-4-6;/h2-3,5-7,10H,4,8-9,11-12H2,1H3;2-3,5-7,9,19H,4,8,10H2,1H3;1-6H;5-6H,2-4H2,1H3;1H4. The molecule has 0 aliphatic carbocycles. The van der Waals surface area contributed by atoms with Gasteiger partial charge in [0.15, 0.2) is 0 Å². The fraction of sp³-hybridized carbons (Fsp3) is 0.333. The van der Waals surface area contributed by atoms with Crippen LogP contribution in [0, 0.1) is 0 Å². The van der Waals surface area contributed by atoms with Crippen molar-refractivity contribution >= 4 is 78.0 Å². The summed E-state index contributed by atoms with van der Waals surface area (Å²) in [5.41, 5.74) is 6.06. The molecule has 0 aliphatic rings. The fourth-order valence-corrected chi connectivity index (χ4v) is 6.66. The minimum Gasteiger partial charge on any atom is -0.396 e. The second-order valence-corrected chi connectivity index (χ2v) is 14.7. The zero-order valence-electron chi connectivity index (χ0n) is 34.6. The maximum absolute atomic E-state index is 11.9. The number of halogens is 2. The maximum Gasteiger partial charge on any atom is 0.236 e. The van der Waals surface area contributed by atoms with Crippen molar-refractivity contribution in [1.29, 1.82) is 0 Å². The van der Waals surface area contributed by atoms with E-state index in [-0.39, 0.29) is 20.6 Å². The van der Waals surface area contributed by atoms with Gasteiger partial charge in [0.1, 0.15) is 22.9 Å². The van der Waals surface area contributed by atoms with Crippen LogP contribution in [0.5, 0.6) is 0 Å². The Balaban J connectivity index is 0.000000166. The van der Waals surface area contributed by atoms with E-state index in [1.807, 2.05) is 149 Å². The van der Waals surface area contributed by atoms with Crippen molar-refractivity contribution in [3.05, 3.63) is 114 Å². The van der Waals surface area contributed by atoms with Crippen molar-refractivity contribution in [1.82, 2.24) is 48.4 Å². The topological polar surface area (TPSA) is 159 Å². The number of aliphatic hydroxyl groups excluding tert-OH is 2. The fourth-order valence-electron chi connectivity index (χ4n) is 6.38. The summed E-state index contributed by atoms with van der Waals surface area (Å²) in [6.07, 6.45) is 8.36. The molecule has 6 heterocycles. The van der Waals surface area contributed by atoms with Gasteiger partial charge in [-0.3, -0.25) is 13.2 Å². The molecule has 0 saturated heterocycles. The first-order chi connectivity index (χ1) is 29.8. The lowest BCUT2D eigenvalue weighted by Crippen LogP contribution is -2.21. The highest BCUT2D eigenvalue weighted by Gasteiger charge is 2.10. The Morgan fingerprint density at radius 3 is 1.47 bits per heavy atom. The van der Waals surface area contributed by atoms with Gasteiger partial charge in [0.25, 0.3) is 0 Å². The number of benzene rings is 3. The first-order valence-electron chi connectivity index (χ1n) is 20.1. The number of rotatable bonds is 14. The largest absolute Gasteiger partial charge is 0.396 e. The second kappa shape index (κ2) is 24.0. The number of aromatic nitrogens is 9. The number of para-hydroxylation sites is 6. The van der Waals surface area contributed by atoms with Crippen molar-refractivity contribution in [2.45, 2.75) is 26.7 Å². The molecule has 328 valence electrons. The second-order valence-electron chi connectivity index (χ2n) is 13.9. The van der Waals surface area contributed by atoms with Gasteiger partial charge in [-0.1, -0.05) is 43.8 Å². The highest BCUT2D eigenvalue weighted by molar-refractivity contribution is 9.10. The van der Waals surface area contributed by atoms with Gasteiger partial charge in [0.05, 0.1) is 39.7 Å². The van der Waals surface area contributed by atoms with Crippen LogP contribution in [0.2, 0.25) is 0 Å². The number of anilines is 2. The molecule has 0 bridgehead atoms. The van der Waals surface area contributed by atoms with Crippen LogP contribution in [0.15, 0.2) is 114 Å². The summed E-state index contributed by atoms with van der Waals surface area (Å²) in [6, 6.07) is 29.8. The Hall–Kier alpha value is -5.85. The summed E-state index contributed by atoms with van der Waals surface area (Å²) in [5.74, 6) is 3.86. The Bertz CT molecular complexity index is 2740. The molecule has 6 aromatic heterocycles.